The Balaban J connectivity index is 1.55. The Morgan fingerprint density at radius 3 is 2.83 bits per heavy atom. The number of nitrogens with one attached hydrogen (secondary N) is 1. The molecule has 23 heavy (non-hydrogen) atoms. The second-order valence-electron chi connectivity index (χ2n) is 6.49. The molecule has 1 aromatic rings. The number of hydrogen-bond donors (Lipinski definition) is 1. The maximum Gasteiger partial charge on any atom is 0.226 e. The Kier molecular flexibility index (Phi) is 5.00. The number of carbonyl (C=O) groups is 1. The molecule has 1 aromatic heterocycles. The van der Waals surface area contributed by atoms with E-state index >= 15 is 0 Å². The van der Waals surface area contributed by atoms with E-state index in [0.717, 1.165) is 49.5 Å². The molecular weight excluding hydrogens is 310 g/mol. The fourth-order valence-electron chi connectivity index (χ4n) is 3.53. The second-order valence-corrected chi connectivity index (χ2v) is 7.59. The van der Waals surface area contributed by atoms with Crippen molar-refractivity contribution in [2.45, 2.75) is 51.7 Å². The van der Waals surface area contributed by atoms with Crippen LogP contribution in [0.5, 0.6) is 0 Å². The van der Waals surface area contributed by atoms with E-state index in [-0.39, 0.29) is 18.1 Å². The van der Waals surface area contributed by atoms with Crippen molar-refractivity contribution in [1.82, 2.24) is 4.90 Å². The fraction of sp³-hybridized carbons (Fsp3) is 0.647. The number of thiophene rings is 1. The van der Waals surface area contributed by atoms with E-state index in [4.69, 9.17) is 4.74 Å². The van der Waals surface area contributed by atoms with E-state index in [1.165, 1.54) is 4.88 Å². The van der Waals surface area contributed by atoms with Crippen molar-refractivity contribution in [3.8, 4) is 6.07 Å². The maximum atomic E-state index is 12.2. The number of anilines is 1. The Labute approximate surface area is 141 Å². The summed E-state index contributed by atoms with van der Waals surface area (Å²) >= 11 is 1.58. The lowest BCUT2D eigenvalue weighted by Crippen LogP contribution is -2.46. The van der Waals surface area contributed by atoms with Crippen LogP contribution >= 0.6 is 11.3 Å². The third kappa shape index (κ3) is 3.74. The maximum absolute atomic E-state index is 12.2. The first-order valence-corrected chi connectivity index (χ1v) is 9.10. The zero-order valence-corrected chi connectivity index (χ0v) is 14.5. The van der Waals surface area contributed by atoms with E-state index < -0.39 is 0 Å². The molecule has 1 aliphatic carbocycles. The van der Waals surface area contributed by atoms with Gasteiger partial charge in [-0.1, -0.05) is 0 Å². The minimum absolute atomic E-state index is 0.00628. The van der Waals surface area contributed by atoms with E-state index in [1.807, 2.05) is 0 Å². The van der Waals surface area contributed by atoms with Crippen LogP contribution in [0.15, 0.2) is 0 Å². The molecule has 1 amide bonds. The summed E-state index contributed by atoms with van der Waals surface area (Å²) in [4.78, 5) is 15.8. The van der Waals surface area contributed by atoms with Gasteiger partial charge in [-0.25, -0.2) is 0 Å². The van der Waals surface area contributed by atoms with Crippen molar-refractivity contribution in [1.29, 1.82) is 5.26 Å². The van der Waals surface area contributed by atoms with Gasteiger partial charge in [0.1, 0.15) is 11.1 Å². The zero-order valence-electron chi connectivity index (χ0n) is 13.7. The molecule has 1 N–H and O–H groups in total. The van der Waals surface area contributed by atoms with Crippen molar-refractivity contribution >= 4 is 22.2 Å². The summed E-state index contributed by atoms with van der Waals surface area (Å²) < 4.78 is 5.71. The van der Waals surface area contributed by atoms with Crippen LogP contribution in [0.2, 0.25) is 0 Å². The standard InChI is InChI=1S/C17H23N3O2S/c1-11-9-20(10-12(2)22-11)7-6-16(21)19-17-14(8-18)13-4-3-5-15(13)23-17/h11-12H,3-7,9-10H2,1-2H3,(H,19,21)/t11-,12-/m0/s1. The van der Waals surface area contributed by atoms with Gasteiger partial charge in [0, 0.05) is 30.9 Å². The first-order chi connectivity index (χ1) is 11.1. The number of nitriles is 1. The molecule has 124 valence electrons. The van der Waals surface area contributed by atoms with Gasteiger partial charge in [0.25, 0.3) is 0 Å². The van der Waals surface area contributed by atoms with E-state index in [2.05, 4.69) is 30.1 Å². The Morgan fingerprint density at radius 2 is 2.13 bits per heavy atom. The van der Waals surface area contributed by atoms with Crippen molar-refractivity contribution in [2.24, 2.45) is 0 Å². The van der Waals surface area contributed by atoms with Crippen LogP contribution in [-0.4, -0.2) is 42.6 Å². The number of hydrogen-bond acceptors (Lipinski definition) is 5. The monoisotopic (exact) mass is 333 g/mol. The van der Waals surface area contributed by atoms with Gasteiger partial charge in [0.15, 0.2) is 0 Å². The second kappa shape index (κ2) is 7.00. The SMILES string of the molecule is C[C@H]1CN(CCC(=O)Nc2sc3c(c2C#N)CCC3)C[C@H](C)O1. The average molecular weight is 333 g/mol. The molecule has 0 spiro atoms. The summed E-state index contributed by atoms with van der Waals surface area (Å²) in [7, 11) is 0. The first kappa shape index (κ1) is 16.4. The number of fused-ring (bicyclic) bond motifs is 1. The van der Waals surface area contributed by atoms with Crippen LogP contribution in [0.3, 0.4) is 0 Å². The summed E-state index contributed by atoms with van der Waals surface area (Å²) in [6.45, 7) is 6.60. The number of aryl methyl sites for hydroxylation is 1. The Bertz CT molecular complexity index is 625. The summed E-state index contributed by atoms with van der Waals surface area (Å²) in [6.07, 6.45) is 4.01. The first-order valence-electron chi connectivity index (χ1n) is 8.29. The van der Waals surface area contributed by atoms with Crippen LogP contribution in [0.25, 0.3) is 0 Å². The van der Waals surface area contributed by atoms with E-state index in [9.17, 15) is 10.1 Å². The normalized spacial score (nSPS) is 24.2. The molecule has 0 unspecified atom stereocenters. The predicted octanol–water partition coefficient (Wildman–Crippen LogP) is 2.55. The lowest BCUT2D eigenvalue weighted by atomic mass is 10.1. The lowest BCUT2D eigenvalue weighted by molar-refractivity contribution is -0.117. The summed E-state index contributed by atoms with van der Waals surface area (Å²) in [6, 6.07) is 2.27. The molecule has 0 bridgehead atoms. The number of rotatable bonds is 4. The van der Waals surface area contributed by atoms with Gasteiger partial charge in [-0.05, 0) is 38.7 Å². The predicted molar refractivity (Wildman–Crippen MR) is 90.8 cm³/mol. The molecule has 1 aliphatic heterocycles. The highest BCUT2D eigenvalue weighted by Gasteiger charge is 2.24. The number of amides is 1. The summed E-state index contributed by atoms with van der Waals surface area (Å²) in [5, 5.41) is 13.1. The van der Waals surface area contributed by atoms with Crippen molar-refractivity contribution in [2.75, 3.05) is 25.0 Å². The summed E-state index contributed by atoms with van der Waals surface area (Å²) in [5.41, 5.74) is 1.84. The third-order valence-corrected chi connectivity index (χ3v) is 5.64. The quantitative estimate of drug-likeness (QED) is 0.919. The minimum Gasteiger partial charge on any atom is -0.373 e. The van der Waals surface area contributed by atoms with Crippen LogP contribution in [-0.2, 0) is 22.4 Å². The largest absolute Gasteiger partial charge is 0.373 e. The third-order valence-electron chi connectivity index (χ3n) is 4.44. The Hall–Kier alpha value is -1.42. The van der Waals surface area contributed by atoms with Crippen LogP contribution < -0.4 is 5.32 Å². The highest BCUT2D eigenvalue weighted by atomic mass is 32.1. The van der Waals surface area contributed by atoms with Gasteiger partial charge < -0.3 is 10.1 Å². The highest BCUT2D eigenvalue weighted by molar-refractivity contribution is 7.16. The summed E-state index contributed by atoms with van der Waals surface area (Å²) in [5.74, 6) is -0.00628. The molecule has 0 saturated carbocycles. The molecule has 3 rings (SSSR count). The van der Waals surface area contributed by atoms with Crippen LogP contribution in [0.4, 0.5) is 5.00 Å². The number of carbonyl (C=O) groups excluding carboxylic acids is 1. The molecule has 2 atom stereocenters. The minimum atomic E-state index is -0.00628. The number of morpholine rings is 1. The molecule has 0 aromatic carbocycles. The van der Waals surface area contributed by atoms with E-state index in [1.54, 1.807) is 11.3 Å². The Morgan fingerprint density at radius 1 is 1.39 bits per heavy atom. The van der Waals surface area contributed by atoms with Crippen LogP contribution in [0, 0.1) is 11.3 Å². The zero-order chi connectivity index (χ0) is 16.4. The van der Waals surface area contributed by atoms with Crippen molar-refractivity contribution in [3.05, 3.63) is 16.0 Å². The van der Waals surface area contributed by atoms with Gasteiger partial charge in [-0.15, -0.1) is 11.3 Å². The fourth-order valence-corrected chi connectivity index (χ4v) is 4.78. The van der Waals surface area contributed by atoms with Gasteiger partial charge >= 0.3 is 0 Å². The molecule has 2 aliphatic rings. The number of nitrogens with zero attached hydrogens (tertiary/aromatic N) is 2. The van der Waals surface area contributed by atoms with Gasteiger partial charge in [0.2, 0.25) is 5.91 Å². The molecule has 1 saturated heterocycles. The van der Waals surface area contributed by atoms with Gasteiger partial charge in [-0.3, -0.25) is 9.69 Å². The smallest absolute Gasteiger partial charge is 0.226 e. The molecule has 1 fully saturated rings. The van der Waals surface area contributed by atoms with Gasteiger partial charge in [-0.2, -0.15) is 5.26 Å². The average Bonchev–Trinajstić information content (AvgIpc) is 3.04. The molecule has 5 nitrogen and oxygen atoms in total. The highest BCUT2D eigenvalue weighted by Crippen LogP contribution is 2.38. The van der Waals surface area contributed by atoms with Crippen molar-refractivity contribution < 1.29 is 9.53 Å². The van der Waals surface area contributed by atoms with Gasteiger partial charge in [0.05, 0.1) is 17.8 Å². The number of ether oxygens (including phenoxy) is 1. The lowest BCUT2D eigenvalue weighted by Gasteiger charge is -2.35. The molecule has 6 heteroatoms. The van der Waals surface area contributed by atoms with E-state index in [0.29, 0.717) is 12.0 Å². The topological polar surface area (TPSA) is 65.4 Å². The van der Waals surface area contributed by atoms with Crippen LogP contribution in [0.1, 0.15) is 42.7 Å². The van der Waals surface area contributed by atoms with Crippen molar-refractivity contribution in [3.63, 3.8) is 0 Å². The molecule has 0 radical (unpaired) electrons. The molecular formula is C17H23N3O2S. The molecule has 2 heterocycles.